The number of aromatic nitrogens is 2. The Bertz CT molecular complexity index is 533. The van der Waals surface area contributed by atoms with Crippen LogP contribution in [0.2, 0.25) is 0 Å². The molecule has 0 saturated carbocycles. The summed E-state index contributed by atoms with van der Waals surface area (Å²) in [4.78, 5) is 19.4. The molecule has 1 atom stereocenters. The van der Waals surface area contributed by atoms with E-state index in [4.69, 9.17) is 4.98 Å². The van der Waals surface area contributed by atoms with Crippen molar-refractivity contribution in [1.29, 1.82) is 0 Å². The maximum atomic E-state index is 12.7. The number of piperidine rings is 1. The highest BCUT2D eigenvalue weighted by Crippen LogP contribution is 2.28. The minimum absolute atomic E-state index is 0.0648. The SMILES string of the molecule is CCCCn1c(SC(C)C(=O)N2CCC(C)CC2)nc(C)c1C. The van der Waals surface area contributed by atoms with Gasteiger partial charge in [-0.3, -0.25) is 4.79 Å². The molecule has 1 fully saturated rings. The molecule has 4 nitrogen and oxygen atoms in total. The molecule has 1 amide bonds. The Morgan fingerprint density at radius 3 is 2.61 bits per heavy atom. The van der Waals surface area contributed by atoms with Gasteiger partial charge in [-0.2, -0.15) is 0 Å². The molecule has 130 valence electrons. The molecule has 0 N–H and O–H groups in total. The number of aryl methyl sites for hydroxylation is 1. The average molecular weight is 338 g/mol. The van der Waals surface area contributed by atoms with Crippen molar-refractivity contribution in [1.82, 2.24) is 14.5 Å². The van der Waals surface area contributed by atoms with Crippen LogP contribution in [0.1, 0.15) is 57.8 Å². The Morgan fingerprint density at radius 1 is 1.35 bits per heavy atom. The number of unbranched alkanes of at least 4 members (excludes halogenated alkanes) is 1. The van der Waals surface area contributed by atoms with Gasteiger partial charge in [0.25, 0.3) is 0 Å². The Labute approximate surface area is 145 Å². The van der Waals surface area contributed by atoms with Crippen LogP contribution >= 0.6 is 11.8 Å². The third-order valence-corrected chi connectivity index (χ3v) is 5.96. The molecule has 0 aromatic carbocycles. The minimum atomic E-state index is -0.0648. The Balaban J connectivity index is 2.03. The highest BCUT2D eigenvalue weighted by Gasteiger charge is 2.26. The fourth-order valence-electron chi connectivity index (χ4n) is 2.99. The number of thioether (sulfide) groups is 1. The first kappa shape index (κ1) is 18.4. The summed E-state index contributed by atoms with van der Waals surface area (Å²) in [5.74, 6) is 1.02. The van der Waals surface area contributed by atoms with Crippen molar-refractivity contribution in [3.05, 3.63) is 11.4 Å². The molecule has 1 aliphatic rings. The molecule has 0 radical (unpaired) electrons. The van der Waals surface area contributed by atoms with Gasteiger partial charge in [0.05, 0.1) is 10.9 Å². The lowest BCUT2D eigenvalue weighted by Crippen LogP contribution is -2.41. The van der Waals surface area contributed by atoms with Gasteiger partial charge in [0.15, 0.2) is 5.16 Å². The molecule has 1 saturated heterocycles. The third-order valence-electron chi connectivity index (χ3n) is 4.88. The van der Waals surface area contributed by atoms with Crippen LogP contribution in [-0.4, -0.2) is 38.7 Å². The van der Waals surface area contributed by atoms with Crippen LogP contribution in [0.4, 0.5) is 0 Å². The zero-order chi connectivity index (χ0) is 17.0. The fraction of sp³-hybridized carbons (Fsp3) is 0.778. The van der Waals surface area contributed by atoms with Gasteiger partial charge < -0.3 is 9.47 Å². The van der Waals surface area contributed by atoms with Gasteiger partial charge in [-0.25, -0.2) is 4.98 Å². The van der Waals surface area contributed by atoms with Crippen LogP contribution in [0.15, 0.2) is 5.16 Å². The second kappa shape index (κ2) is 8.22. The summed E-state index contributed by atoms with van der Waals surface area (Å²) < 4.78 is 2.28. The molecular weight excluding hydrogens is 306 g/mol. The zero-order valence-corrected chi connectivity index (χ0v) is 16.1. The molecule has 2 rings (SSSR count). The Hall–Kier alpha value is -0.970. The van der Waals surface area contributed by atoms with E-state index in [1.165, 1.54) is 12.1 Å². The number of amides is 1. The van der Waals surface area contributed by atoms with E-state index in [9.17, 15) is 4.79 Å². The van der Waals surface area contributed by atoms with Crippen molar-refractivity contribution in [3.8, 4) is 0 Å². The highest BCUT2D eigenvalue weighted by molar-refractivity contribution is 8.00. The summed E-state index contributed by atoms with van der Waals surface area (Å²) in [5, 5.41) is 0.935. The summed E-state index contributed by atoms with van der Waals surface area (Å²) in [6, 6.07) is 0. The molecular formula is C18H31N3OS. The van der Waals surface area contributed by atoms with Gasteiger partial charge >= 0.3 is 0 Å². The van der Waals surface area contributed by atoms with E-state index in [2.05, 4.69) is 32.3 Å². The average Bonchev–Trinajstić information content (AvgIpc) is 2.79. The number of hydrogen-bond donors (Lipinski definition) is 0. The summed E-state index contributed by atoms with van der Waals surface area (Å²) >= 11 is 1.62. The number of carbonyl (C=O) groups is 1. The van der Waals surface area contributed by atoms with Crippen LogP contribution in [0.3, 0.4) is 0 Å². The van der Waals surface area contributed by atoms with E-state index in [1.54, 1.807) is 11.8 Å². The standard InChI is InChI=1S/C18H31N3OS/c1-6-7-10-21-15(4)14(3)19-18(21)23-16(5)17(22)20-11-8-13(2)9-12-20/h13,16H,6-12H2,1-5H3. The number of hydrogen-bond acceptors (Lipinski definition) is 3. The van der Waals surface area contributed by atoms with Crippen LogP contribution in [-0.2, 0) is 11.3 Å². The minimum Gasteiger partial charge on any atom is -0.342 e. The van der Waals surface area contributed by atoms with E-state index in [0.29, 0.717) is 0 Å². The Morgan fingerprint density at radius 2 is 2.00 bits per heavy atom. The maximum Gasteiger partial charge on any atom is 0.235 e. The van der Waals surface area contributed by atoms with Gasteiger partial charge in [-0.05, 0) is 46.0 Å². The van der Waals surface area contributed by atoms with Gasteiger partial charge in [-0.15, -0.1) is 0 Å². The monoisotopic (exact) mass is 337 g/mol. The molecule has 1 aromatic rings. The molecule has 0 bridgehead atoms. The quantitative estimate of drug-likeness (QED) is 0.735. The molecule has 2 heterocycles. The second-order valence-electron chi connectivity index (χ2n) is 6.84. The smallest absolute Gasteiger partial charge is 0.235 e. The first-order chi connectivity index (χ1) is 10.9. The number of likely N-dealkylation sites (tertiary alicyclic amines) is 1. The number of nitrogens with zero attached hydrogens (tertiary/aromatic N) is 3. The molecule has 0 aliphatic carbocycles. The normalized spacial score (nSPS) is 17.5. The summed E-state index contributed by atoms with van der Waals surface area (Å²) in [5.41, 5.74) is 2.31. The predicted octanol–water partition coefficient (Wildman–Crippen LogP) is 4.04. The zero-order valence-electron chi connectivity index (χ0n) is 15.3. The number of carbonyl (C=O) groups excluding carboxylic acids is 1. The van der Waals surface area contributed by atoms with Crippen molar-refractivity contribution < 1.29 is 4.79 Å². The van der Waals surface area contributed by atoms with Crippen LogP contribution in [0.5, 0.6) is 0 Å². The van der Waals surface area contributed by atoms with Crippen molar-refractivity contribution in [2.24, 2.45) is 5.92 Å². The lowest BCUT2D eigenvalue weighted by Gasteiger charge is -2.32. The first-order valence-electron chi connectivity index (χ1n) is 8.93. The first-order valence-corrected chi connectivity index (χ1v) is 9.81. The van der Waals surface area contributed by atoms with Crippen LogP contribution in [0.25, 0.3) is 0 Å². The van der Waals surface area contributed by atoms with Crippen molar-refractivity contribution in [3.63, 3.8) is 0 Å². The molecule has 1 unspecified atom stereocenters. The van der Waals surface area contributed by atoms with Gasteiger partial charge in [0, 0.05) is 25.3 Å². The summed E-state index contributed by atoms with van der Waals surface area (Å²) in [7, 11) is 0. The van der Waals surface area contributed by atoms with Crippen molar-refractivity contribution in [2.75, 3.05) is 13.1 Å². The highest BCUT2D eigenvalue weighted by atomic mass is 32.2. The number of imidazole rings is 1. The molecule has 0 spiro atoms. The molecule has 1 aliphatic heterocycles. The molecule has 5 heteroatoms. The van der Waals surface area contributed by atoms with Crippen LogP contribution < -0.4 is 0 Å². The fourth-order valence-corrected chi connectivity index (χ4v) is 4.10. The number of rotatable bonds is 6. The topological polar surface area (TPSA) is 38.1 Å². The largest absolute Gasteiger partial charge is 0.342 e. The molecule has 23 heavy (non-hydrogen) atoms. The lowest BCUT2D eigenvalue weighted by atomic mass is 9.99. The summed E-state index contributed by atoms with van der Waals surface area (Å²) in [6.07, 6.45) is 4.58. The van der Waals surface area contributed by atoms with Crippen molar-refractivity contribution >= 4 is 17.7 Å². The van der Waals surface area contributed by atoms with Crippen LogP contribution in [0, 0.1) is 19.8 Å². The third kappa shape index (κ3) is 4.52. The summed E-state index contributed by atoms with van der Waals surface area (Å²) in [6.45, 7) is 13.5. The maximum absolute atomic E-state index is 12.7. The van der Waals surface area contributed by atoms with E-state index in [0.717, 1.165) is 55.7 Å². The van der Waals surface area contributed by atoms with E-state index < -0.39 is 0 Å². The van der Waals surface area contributed by atoms with E-state index in [-0.39, 0.29) is 11.2 Å². The van der Waals surface area contributed by atoms with E-state index >= 15 is 0 Å². The molecule has 1 aromatic heterocycles. The predicted molar refractivity (Wildman–Crippen MR) is 96.9 cm³/mol. The van der Waals surface area contributed by atoms with Crippen molar-refractivity contribution in [2.45, 2.75) is 77.3 Å². The Kier molecular flexibility index (Phi) is 6.57. The van der Waals surface area contributed by atoms with E-state index in [1.807, 2.05) is 11.8 Å². The van der Waals surface area contributed by atoms with Gasteiger partial charge in [-0.1, -0.05) is 32.0 Å². The van der Waals surface area contributed by atoms with Gasteiger partial charge in [0.2, 0.25) is 5.91 Å². The lowest BCUT2D eigenvalue weighted by molar-refractivity contribution is -0.131. The second-order valence-corrected chi connectivity index (χ2v) is 8.15. The van der Waals surface area contributed by atoms with Gasteiger partial charge in [0.1, 0.15) is 0 Å².